The highest BCUT2D eigenvalue weighted by Gasteiger charge is 2.04. The summed E-state index contributed by atoms with van der Waals surface area (Å²) in [6.07, 6.45) is -0.825. The maximum absolute atomic E-state index is 10.9. The third kappa shape index (κ3) is 5.52. The van der Waals surface area contributed by atoms with Gasteiger partial charge in [0, 0.05) is 5.92 Å². The molecule has 0 rings (SSSR count). The summed E-state index contributed by atoms with van der Waals surface area (Å²) in [7, 11) is 0. The Bertz CT molecular complexity index is 168. The summed E-state index contributed by atoms with van der Waals surface area (Å²) in [5, 5.41) is 2.57. The van der Waals surface area contributed by atoms with Crippen LogP contribution in [0.4, 0.5) is 4.79 Å². The third-order valence-corrected chi connectivity index (χ3v) is 1.17. The Kier molecular flexibility index (Phi) is 4.83. The van der Waals surface area contributed by atoms with Crippen molar-refractivity contribution in [3.63, 3.8) is 0 Å². The molecule has 0 fully saturated rings. The van der Waals surface area contributed by atoms with Crippen LogP contribution >= 0.6 is 0 Å². The van der Waals surface area contributed by atoms with E-state index in [-0.39, 0.29) is 18.4 Å². The van der Waals surface area contributed by atoms with Gasteiger partial charge in [0.25, 0.3) is 0 Å². The van der Waals surface area contributed by atoms with Crippen LogP contribution in [0.3, 0.4) is 0 Å². The van der Waals surface area contributed by atoms with E-state index in [0.29, 0.717) is 6.54 Å². The van der Waals surface area contributed by atoms with Gasteiger partial charge in [-0.1, -0.05) is 13.8 Å². The number of ether oxygens (including phenoxy) is 1. The average Bonchev–Trinajstić information content (AvgIpc) is 1.97. The number of hydrogen-bond acceptors (Lipinski definition) is 3. The fraction of sp³-hybridized carbons (Fsp3) is 0.714. The Morgan fingerprint density at radius 1 is 1.50 bits per heavy atom. The Morgan fingerprint density at radius 3 is 2.50 bits per heavy atom. The van der Waals surface area contributed by atoms with Crippen LogP contribution in [0, 0.1) is 5.92 Å². The fourth-order valence-corrected chi connectivity index (χ4v) is 0.530. The van der Waals surface area contributed by atoms with Crippen molar-refractivity contribution in [2.24, 2.45) is 11.7 Å². The fourth-order valence-electron chi connectivity index (χ4n) is 0.530. The summed E-state index contributed by atoms with van der Waals surface area (Å²) in [5.74, 6) is -0.123. The zero-order valence-corrected chi connectivity index (χ0v) is 7.29. The van der Waals surface area contributed by atoms with Crippen LogP contribution in [0.5, 0.6) is 0 Å². The summed E-state index contributed by atoms with van der Waals surface area (Å²) < 4.78 is 4.40. The highest BCUT2D eigenvalue weighted by atomic mass is 16.5. The van der Waals surface area contributed by atoms with Crippen LogP contribution in [-0.2, 0) is 9.53 Å². The van der Waals surface area contributed by atoms with Crippen LogP contribution in [0.25, 0.3) is 0 Å². The van der Waals surface area contributed by atoms with Crippen molar-refractivity contribution in [2.75, 3.05) is 13.2 Å². The Balaban J connectivity index is 3.32. The molecule has 12 heavy (non-hydrogen) atoms. The summed E-state index contributed by atoms with van der Waals surface area (Å²) in [4.78, 5) is 21.0. The molecule has 0 aliphatic heterocycles. The van der Waals surface area contributed by atoms with Gasteiger partial charge in [0.2, 0.25) is 5.91 Å². The molecule has 2 amide bonds. The summed E-state index contributed by atoms with van der Waals surface area (Å²) in [6.45, 7) is 3.99. The molecule has 0 unspecified atom stereocenters. The SMILES string of the molecule is CC(C)C(=O)NCCOC(N)=O. The molecule has 3 N–H and O–H groups in total. The number of amides is 2. The van der Waals surface area contributed by atoms with E-state index in [4.69, 9.17) is 5.73 Å². The molecule has 0 aliphatic carbocycles. The first-order valence-electron chi connectivity index (χ1n) is 3.74. The molecule has 0 aliphatic rings. The summed E-state index contributed by atoms with van der Waals surface area (Å²) in [5.41, 5.74) is 4.70. The minimum absolute atomic E-state index is 0.0569. The van der Waals surface area contributed by atoms with Gasteiger partial charge in [0.05, 0.1) is 6.54 Å². The molecule has 70 valence electrons. The highest BCUT2D eigenvalue weighted by Crippen LogP contribution is 1.89. The monoisotopic (exact) mass is 174 g/mol. The Hall–Kier alpha value is -1.26. The minimum Gasteiger partial charge on any atom is -0.448 e. The van der Waals surface area contributed by atoms with Crippen molar-refractivity contribution in [3.05, 3.63) is 0 Å². The number of hydrogen-bond donors (Lipinski definition) is 2. The molecule has 0 bridgehead atoms. The molecule has 0 radical (unpaired) electrons. The lowest BCUT2D eigenvalue weighted by atomic mass is 10.2. The number of nitrogens with one attached hydrogen (secondary N) is 1. The van der Waals surface area contributed by atoms with E-state index >= 15 is 0 Å². The van der Waals surface area contributed by atoms with Gasteiger partial charge in [0.15, 0.2) is 0 Å². The molecular formula is C7H14N2O3. The van der Waals surface area contributed by atoms with Crippen LogP contribution in [0.1, 0.15) is 13.8 Å². The van der Waals surface area contributed by atoms with Gasteiger partial charge in [0.1, 0.15) is 6.61 Å². The maximum Gasteiger partial charge on any atom is 0.404 e. The topological polar surface area (TPSA) is 81.4 Å². The first-order valence-corrected chi connectivity index (χ1v) is 3.74. The molecular weight excluding hydrogens is 160 g/mol. The predicted octanol–water partition coefficient (Wildman–Crippen LogP) is -0.146. The van der Waals surface area contributed by atoms with E-state index in [1.54, 1.807) is 13.8 Å². The maximum atomic E-state index is 10.9. The number of carbonyl (C=O) groups is 2. The van der Waals surface area contributed by atoms with E-state index in [1.807, 2.05) is 0 Å². The van der Waals surface area contributed by atoms with Crippen molar-refractivity contribution in [1.29, 1.82) is 0 Å². The number of carbonyl (C=O) groups excluding carboxylic acids is 2. The first kappa shape index (κ1) is 10.7. The van der Waals surface area contributed by atoms with Crippen LogP contribution in [-0.4, -0.2) is 25.2 Å². The van der Waals surface area contributed by atoms with Crippen molar-refractivity contribution < 1.29 is 14.3 Å². The van der Waals surface area contributed by atoms with E-state index < -0.39 is 6.09 Å². The molecule has 5 heteroatoms. The molecule has 0 saturated heterocycles. The van der Waals surface area contributed by atoms with Crippen LogP contribution in [0.15, 0.2) is 0 Å². The van der Waals surface area contributed by atoms with Crippen molar-refractivity contribution in [2.45, 2.75) is 13.8 Å². The van der Waals surface area contributed by atoms with Crippen molar-refractivity contribution in [1.82, 2.24) is 5.32 Å². The standard InChI is InChI=1S/C7H14N2O3/c1-5(2)6(10)9-3-4-12-7(8)11/h5H,3-4H2,1-2H3,(H2,8,11)(H,9,10). The van der Waals surface area contributed by atoms with Crippen molar-refractivity contribution in [3.8, 4) is 0 Å². The van der Waals surface area contributed by atoms with E-state index in [2.05, 4.69) is 10.1 Å². The number of nitrogens with two attached hydrogens (primary N) is 1. The minimum atomic E-state index is -0.825. The summed E-state index contributed by atoms with van der Waals surface area (Å²) in [6, 6.07) is 0. The van der Waals surface area contributed by atoms with Gasteiger partial charge >= 0.3 is 6.09 Å². The number of rotatable bonds is 4. The van der Waals surface area contributed by atoms with E-state index in [1.165, 1.54) is 0 Å². The van der Waals surface area contributed by atoms with Crippen LogP contribution < -0.4 is 11.1 Å². The largest absolute Gasteiger partial charge is 0.448 e. The third-order valence-electron chi connectivity index (χ3n) is 1.17. The molecule has 0 atom stereocenters. The van der Waals surface area contributed by atoms with Gasteiger partial charge in [-0.15, -0.1) is 0 Å². The van der Waals surface area contributed by atoms with Gasteiger partial charge in [-0.05, 0) is 0 Å². The van der Waals surface area contributed by atoms with Gasteiger partial charge in [-0.2, -0.15) is 0 Å². The zero-order valence-electron chi connectivity index (χ0n) is 7.29. The molecule has 0 aromatic rings. The van der Waals surface area contributed by atoms with Gasteiger partial charge in [-0.25, -0.2) is 4.79 Å². The molecule has 0 heterocycles. The van der Waals surface area contributed by atoms with Crippen LogP contribution in [0.2, 0.25) is 0 Å². The second-order valence-electron chi connectivity index (χ2n) is 2.61. The smallest absolute Gasteiger partial charge is 0.404 e. The lowest BCUT2D eigenvalue weighted by Crippen LogP contribution is -2.31. The lowest BCUT2D eigenvalue weighted by molar-refractivity contribution is -0.124. The molecule has 0 aromatic heterocycles. The zero-order chi connectivity index (χ0) is 9.56. The first-order chi connectivity index (χ1) is 5.54. The summed E-state index contributed by atoms with van der Waals surface area (Å²) >= 11 is 0. The highest BCUT2D eigenvalue weighted by molar-refractivity contribution is 5.77. The normalized spacial score (nSPS) is 9.58. The average molecular weight is 174 g/mol. The Morgan fingerprint density at radius 2 is 2.08 bits per heavy atom. The molecule has 5 nitrogen and oxygen atoms in total. The van der Waals surface area contributed by atoms with E-state index in [0.717, 1.165) is 0 Å². The van der Waals surface area contributed by atoms with Crippen molar-refractivity contribution >= 4 is 12.0 Å². The lowest BCUT2D eigenvalue weighted by Gasteiger charge is -2.06. The van der Waals surface area contributed by atoms with Gasteiger partial charge < -0.3 is 15.8 Å². The van der Waals surface area contributed by atoms with E-state index in [9.17, 15) is 9.59 Å². The predicted molar refractivity (Wildman–Crippen MR) is 43.4 cm³/mol. The molecule has 0 spiro atoms. The Labute approximate surface area is 71.3 Å². The quantitative estimate of drug-likeness (QED) is 0.582. The molecule has 0 aromatic carbocycles. The number of primary amides is 1. The van der Waals surface area contributed by atoms with Gasteiger partial charge in [-0.3, -0.25) is 4.79 Å². The molecule has 0 saturated carbocycles. The second-order valence-corrected chi connectivity index (χ2v) is 2.61. The second kappa shape index (κ2) is 5.40.